The third-order valence-corrected chi connectivity index (χ3v) is 9.05. The Morgan fingerprint density at radius 1 is 1.00 bits per heavy atom. The molecule has 6 rings (SSSR count). The van der Waals surface area contributed by atoms with E-state index in [0.29, 0.717) is 32.5 Å². The van der Waals surface area contributed by atoms with Crippen LogP contribution in [-0.2, 0) is 37.8 Å². The number of rotatable bonds is 9. The van der Waals surface area contributed by atoms with Gasteiger partial charge in [0, 0.05) is 43.2 Å². The van der Waals surface area contributed by atoms with E-state index in [2.05, 4.69) is 0 Å². The Kier molecular flexibility index (Phi) is 8.32. The Morgan fingerprint density at radius 2 is 1.77 bits per heavy atom. The molecular weight excluding hydrogens is 542 g/mol. The van der Waals surface area contributed by atoms with Gasteiger partial charge in [-0.15, -0.1) is 0 Å². The number of anilines is 2. The predicted molar refractivity (Wildman–Crippen MR) is 164 cm³/mol. The van der Waals surface area contributed by atoms with E-state index in [1.54, 1.807) is 9.80 Å². The van der Waals surface area contributed by atoms with Gasteiger partial charge in [0.1, 0.15) is 0 Å². The number of hydrogen-bond donors (Lipinski definition) is 1. The van der Waals surface area contributed by atoms with Crippen LogP contribution in [0.3, 0.4) is 0 Å². The van der Waals surface area contributed by atoms with E-state index in [1.165, 1.54) is 0 Å². The predicted octanol–water partition coefficient (Wildman–Crippen LogP) is 4.78. The minimum absolute atomic E-state index is 0.105. The summed E-state index contributed by atoms with van der Waals surface area (Å²) in [5, 5.41) is 9.64. The second-order valence-electron chi connectivity index (χ2n) is 11.9. The molecular formula is C35H39N3O5. The fraction of sp³-hybridized carbons (Fsp3) is 0.400. The third kappa shape index (κ3) is 5.57. The van der Waals surface area contributed by atoms with Crippen molar-refractivity contribution in [2.45, 2.75) is 63.8 Å². The Labute approximate surface area is 252 Å². The Hall–Kier alpha value is -4.01. The largest absolute Gasteiger partial charge is 0.395 e. The van der Waals surface area contributed by atoms with Gasteiger partial charge in [0.05, 0.1) is 31.4 Å². The summed E-state index contributed by atoms with van der Waals surface area (Å²) in [6, 6.07) is 25.4. The molecule has 0 radical (unpaired) electrons. The molecule has 3 atom stereocenters. The number of carbonyl (C=O) groups excluding carboxylic acids is 3. The Bertz CT molecular complexity index is 1490. The standard InChI is InChI=1S/C35H39N3O5/c1-25-20-29(22-33(41)36(18-19-39)23-26-10-3-2-4-11-26)43-35(25)30-14-5-6-15-31(30)38(34(35)42)24-27-12-9-13-28(21-27)37-17-8-7-16-32(37)40/h2-6,9-15,21,25,29,39H,7-8,16-20,22-24H2,1H3/t25-,29-,35+/m1/s1. The fourth-order valence-corrected chi connectivity index (χ4v) is 6.93. The maximum atomic E-state index is 14.4. The van der Waals surface area contributed by atoms with Gasteiger partial charge in [0.2, 0.25) is 11.8 Å². The van der Waals surface area contributed by atoms with Crippen molar-refractivity contribution in [3.63, 3.8) is 0 Å². The Balaban J connectivity index is 1.21. The van der Waals surface area contributed by atoms with Gasteiger partial charge in [-0.3, -0.25) is 14.4 Å². The van der Waals surface area contributed by atoms with E-state index in [9.17, 15) is 19.5 Å². The summed E-state index contributed by atoms with van der Waals surface area (Å²) < 4.78 is 6.66. The number of carbonyl (C=O) groups is 3. The lowest BCUT2D eigenvalue weighted by Gasteiger charge is -2.29. The number of aliphatic hydroxyl groups is 1. The number of piperidine rings is 1. The number of ether oxygens (including phenoxy) is 1. The summed E-state index contributed by atoms with van der Waals surface area (Å²) in [5.41, 5.74) is 3.28. The Morgan fingerprint density at radius 3 is 2.56 bits per heavy atom. The van der Waals surface area contributed by atoms with E-state index in [0.717, 1.165) is 40.9 Å². The molecule has 0 aromatic heterocycles. The van der Waals surface area contributed by atoms with Gasteiger partial charge in [0.25, 0.3) is 5.91 Å². The molecule has 3 aliphatic heterocycles. The summed E-state index contributed by atoms with van der Waals surface area (Å²) in [6.07, 6.45) is 2.76. The van der Waals surface area contributed by atoms with Crippen LogP contribution in [0.5, 0.6) is 0 Å². The highest BCUT2D eigenvalue weighted by Crippen LogP contribution is 2.53. The van der Waals surface area contributed by atoms with E-state index in [-0.39, 0.29) is 43.2 Å². The molecule has 43 heavy (non-hydrogen) atoms. The fourth-order valence-electron chi connectivity index (χ4n) is 6.93. The summed E-state index contributed by atoms with van der Waals surface area (Å²) in [6.45, 7) is 3.61. The second-order valence-corrected chi connectivity index (χ2v) is 11.9. The number of para-hydroxylation sites is 1. The number of aliphatic hydroxyl groups excluding tert-OH is 1. The van der Waals surface area contributed by atoms with Crippen LogP contribution in [-0.4, -0.2) is 53.5 Å². The molecule has 1 N–H and O–H groups in total. The van der Waals surface area contributed by atoms with Crippen LogP contribution < -0.4 is 9.80 Å². The van der Waals surface area contributed by atoms with Crippen molar-refractivity contribution in [3.8, 4) is 0 Å². The van der Waals surface area contributed by atoms with Crippen LogP contribution in [0.2, 0.25) is 0 Å². The van der Waals surface area contributed by atoms with Crippen molar-refractivity contribution in [2.75, 3.05) is 29.5 Å². The van der Waals surface area contributed by atoms with Gasteiger partial charge < -0.3 is 24.5 Å². The average Bonchev–Trinajstić information content (AvgIpc) is 3.47. The van der Waals surface area contributed by atoms with Crippen molar-refractivity contribution in [3.05, 3.63) is 95.6 Å². The molecule has 2 fully saturated rings. The molecule has 1 spiro atoms. The second kappa shape index (κ2) is 12.3. The summed E-state index contributed by atoms with van der Waals surface area (Å²) >= 11 is 0. The van der Waals surface area contributed by atoms with Crippen LogP contribution in [0, 0.1) is 5.92 Å². The summed E-state index contributed by atoms with van der Waals surface area (Å²) in [5.74, 6) is -0.222. The van der Waals surface area contributed by atoms with Gasteiger partial charge in [-0.25, -0.2) is 0 Å². The first-order valence-corrected chi connectivity index (χ1v) is 15.3. The molecule has 3 amide bonds. The first-order valence-electron chi connectivity index (χ1n) is 15.3. The molecule has 224 valence electrons. The zero-order chi connectivity index (χ0) is 30.0. The topological polar surface area (TPSA) is 90.4 Å². The van der Waals surface area contributed by atoms with Crippen molar-refractivity contribution >= 4 is 29.1 Å². The molecule has 2 saturated heterocycles. The first-order chi connectivity index (χ1) is 20.9. The lowest BCUT2D eigenvalue weighted by Crippen LogP contribution is -2.44. The van der Waals surface area contributed by atoms with Gasteiger partial charge in [0.15, 0.2) is 5.60 Å². The van der Waals surface area contributed by atoms with Crippen molar-refractivity contribution in [1.29, 1.82) is 0 Å². The molecule has 0 unspecified atom stereocenters. The molecule has 8 heteroatoms. The number of amides is 3. The lowest BCUT2D eigenvalue weighted by atomic mass is 9.83. The van der Waals surface area contributed by atoms with E-state index < -0.39 is 11.7 Å². The SMILES string of the molecule is C[C@@H]1C[C@H](CC(=O)N(CCO)Cc2ccccc2)O[C@@]12C(=O)N(Cc1cccc(N3CCCCC3=O)c1)c1ccccc12. The minimum atomic E-state index is -1.16. The number of fused-ring (bicyclic) bond motifs is 2. The smallest absolute Gasteiger partial charge is 0.264 e. The van der Waals surface area contributed by atoms with Crippen molar-refractivity contribution < 1.29 is 24.2 Å². The monoisotopic (exact) mass is 581 g/mol. The quantitative estimate of drug-likeness (QED) is 0.393. The van der Waals surface area contributed by atoms with Gasteiger partial charge in [-0.1, -0.05) is 67.6 Å². The minimum Gasteiger partial charge on any atom is -0.395 e. The van der Waals surface area contributed by atoms with Crippen molar-refractivity contribution in [2.24, 2.45) is 5.92 Å². The highest BCUT2D eigenvalue weighted by Gasteiger charge is 2.60. The normalized spacial score (nSPS) is 23.2. The van der Waals surface area contributed by atoms with Gasteiger partial charge in [-0.05, 0) is 48.6 Å². The molecule has 0 aliphatic carbocycles. The zero-order valence-electron chi connectivity index (χ0n) is 24.7. The average molecular weight is 582 g/mol. The molecule has 3 aromatic rings. The highest BCUT2D eigenvalue weighted by molar-refractivity contribution is 6.07. The summed E-state index contributed by atoms with van der Waals surface area (Å²) in [4.78, 5) is 45.6. The van der Waals surface area contributed by atoms with Crippen LogP contribution in [0.25, 0.3) is 0 Å². The maximum absolute atomic E-state index is 14.4. The molecule has 0 bridgehead atoms. The van der Waals surface area contributed by atoms with E-state index >= 15 is 0 Å². The van der Waals surface area contributed by atoms with Crippen molar-refractivity contribution in [1.82, 2.24) is 4.90 Å². The number of nitrogens with zero attached hydrogens (tertiary/aromatic N) is 3. The first kappa shape index (κ1) is 29.1. The summed E-state index contributed by atoms with van der Waals surface area (Å²) in [7, 11) is 0. The maximum Gasteiger partial charge on any atom is 0.264 e. The molecule has 3 aromatic carbocycles. The highest BCUT2D eigenvalue weighted by atomic mass is 16.5. The van der Waals surface area contributed by atoms with Gasteiger partial charge in [-0.2, -0.15) is 0 Å². The zero-order valence-corrected chi connectivity index (χ0v) is 24.7. The van der Waals surface area contributed by atoms with Crippen LogP contribution in [0.4, 0.5) is 11.4 Å². The van der Waals surface area contributed by atoms with Crippen LogP contribution in [0.15, 0.2) is 78.9 Å². The molecule has 3 aliphatic rings. The molecule has 8 nitrogen and oxygen atoms in total. The third-order valence-electron chi connectivity index (χ3n) is 9.05. The van der Waals surface area contributed by atoms with Crippen LogP contribution in [0.1, 0.15) is 55.7 Å². The lowest BCUT2D eigenvalue weighted by molar-refractivity contribution is -0.150. The number of hydrogen-bond acceptors (Lipinski definition) is 5. The van der Waals surface area contributed by atoms with Gasteiger partial charge >= 0.3 is 0 Å². The number of benzene rings is 3. The van der Waals surface area contributed by atoms with E-state index in [1.807, 2.05) is 90.7 Å². The molecule has 0 saturated carbocycles. The molecule has 3 heterocycles. The van der Waals surface area contributed by atoms with Crippen LogP contribution >= 0.6 is 0 Å². The van der Waals surface area contributed by atoms with E-state index in [4.69, 9.17) is 4.74 Å².